The predicted molar refractivity (Wildman–Crippen MR) is 66.5 cm³/mol. The van der Waals surface area contributed by atoms with Gasteiger partial charge in [0, 0.05) is 6.54 Å². The second-order valence-electron chi connectivity index (χ2n) is 4.52. The molecular formula is C12H14F2N2S. The monoisotopic (exact) mass is 256 g/mol. The summed E-state index contributed by atoms with van der Waals surface area (Å²) in [4.78, 5) is 2.89. The number of imidazole rings is 1. The van der Waals surface area contributed by atoms with Gasteiger partial charge < -0.3 is 9.55 Å². The number of H-pyrrole nitrogens is 1. The summed E-state index contributed by atoms with van der Waals surface area (Å²) < 4.78 is 29.0. The van der Waals surface area contributed by atoms with Crippen LogP contribution in [-0.2, 0) is 6.54 Å². The number of fused-ring (bicyclic) bond motifs is 1. The fourth-order valence-electron chi connectivity index (χ4n) is 1.79. The lowest BCUT2D eigenvalue weighted by molar-refractivity contribution is 0.496. The molecule has 0 radical (unpaired) electrons. The number of benzene rings is 1. The minimum atomic E-state index is -0.843. The van der Waals surface area contributed by atoms with Crippen molar-refractivity contribution in [1.29, 1.82) is 0 Å². The summed E-state index contributed by atoms with van der Waals surface area (Å²) in [5.41, 5.74) is 0.772. The molecule has 5 heteroatoms. The van der Waals surface area contributed by atoms with Crippen molar-refractivity contribution in [1.82, 2.24) is 9.55 Å². The van der Waals surface area contributed by atoms with Gasteiger partial charge in [0.2, 0.25) is 0 Å². The summed E-state index contributed by atoms with van der Waals surface area (Å²) in [5.74, 6) is -1.19. The molecule has 1 heterocycles. The lowest BCUT2D eigenvalue weighted by Crippen LogP contribution is -2.03. The molecule has 0 aliphatic carbocycles. The van der Waals surface area contributed by atoms with E-state index in [0.29, 0.717) is 22.8 Å². The molecule has 0 spiro atoms. The quantitative estimate of drug-likeness (QED) is 0.822. The SMILES string of the molecule is CC(C)CCn1c(=S)[nH]c2ccc(F)c(F)c21. The van der Waals surface area contributed by atoms with E-state index in [2.05, 4.69) is 18.8 Å². The first kappa shape index (κ1) is 12.2. The Balaban J connectivity index is 2.57. The highest BCUT2D eigenvalue weighted by Gasteiger charge is 2.13. The predicted octanol–water partition coefficient (Wildman–Crippen LogP) is 4.02. The molecule has 0 atom stereocenters. The van der Waals surface area contributed by atoms with Crippen molar-refractivity contribution in [3.05, 3.63) is 28.5 Å². The molecule has 1 aromatic heterocycles. The van der Waals surface area contributed by atoms with Crippen LogP contribution in [0.4, 0.5) is 8.78 Å². The standard InChI is InChI=1S/C12H14F2N2S/c1-7(2)5-6-16-11-9(15-12(16)17)4-3-8(13)10(11)14/h3-4,7H,5-6H2,1-2H3,(H,15,17). The Hall–Kier alpha value is -1.23. The molecule has 2 aromatic rings. The van der Waals surface area contributed by atoms with Gasteiger partial charge in [-0.15, -0.1) is 0 Å². The van der Waals surface area contributed by atoms with Crippen molar-refractivity contribution >= 4 is 23.3 Å². The average molecular weight is 256 g/mol. The second kappa shape index (κ2) is 4.56. The van der Waals surface area contributed by atoms with Crippen molar-refractivity contribution in [2.24, 2.45) is 5.92 Å². The third kappa shape index (κ3) is 2.24. The molecule has 0 unspecified atom stereocenters. The van der Waals surface area contributed by atoms with Crippen molar-refractivity contribution < 1.29 is 8.78 Å². The van der Waals surface area contributed by atoms with E-state index in [1.54, 1.807) is 4.57 Å². The van der Waals surface area contributed by atoms with Gasteiger partial charge in [-0.05, 0) is 36.7 Å². The highest BCUT2D eigenvalue weighted by Crippen LogP contribution is 2.21. The number of aromatic nitrogens is 2. The van der Waals surface area contributed by atoms with E-state index in [-0.39, 0.29) is 5.52 Å². The van der Waals surface area contributed by atoms with Gasteiger partial charge in [0.25, 0.3) is 0 Å². The molecule has 2 nitrogen and oxygen atoms in total. The summed E-state index contributed by atoms with van der Waals surface area (Å²) in [6.45, 7) is 4.75. The molecule has 0 amide bonds. The Labute approximate surface area is 103 Å². The summed E-state index contributed by atoms with van der Waals surface area (Å²) in [6, 6.07) is 2.62. The van der Waals surface area contributed by atoms with Crippen molar-refractivity contribution in [2.45, 2.75) is 26.8 Å². The smallest absolute Gasteiger partial charge is 0.184 e. The molecule has 0 aliphatic heterocycles. The Kier molecular flexibility index (Phi) is 3.28. The first-order valence-electron chi connectivity index (χ1n) is 5.57. The lowest BCUT2D eigenvalue weighted by atomic mass is 10.1. The fourth-order valence-corrected chi connectivity index (χ4v) is 2.08. The molecule has 0 saturated heterocycles. The van der Waals surface area contributed by atoms with Gasteiger partial charge in [0.1, 0.15) is 5.52 Å². The van der Waals surface area contributed by atoms with Crippen LogP contribution in [0.25, 0.3) is 11.0 Å². The van der Waals surface area contributed by atoms with Crippen LogP contribution >= 0.6 is 12.2 Å². The molecule has 0 aliphatic rings. The van der Waals surface area contributed by atoms with E-state index >= 15 is 0 Å². The van der Waals surface area contributed by atoms with E-state index in [9.17, 15) is 8.78 Å². The highest BCUT2D eigenvalue weighted by atomic mass is 32.1. The Morgan fingerprint density at radius 2 is 2.06 bits per heavy atom. The number of hydrogen-bond acceptors (Lipinski definition) is 1. The summed E-state index contributed by atoms with van der Waals surface area (Å²) >= 11 is 5.13. The Morgan fingerprint density at radius 3 is 2.71 bits per heavy atom. The van der Waals surface area contributed by atoms with Gasteiger partial charge >= 0.3 is 0 Å². The van der Waals surface area contributed by atoms with Crippen LogP contribution in [0.5, 0.6) is 0 Å². The number of hydrogen-bond donors (Lipinski definition) is 1. The van der Waals surface area contributed by atoms with Crippen LogP contribution in [0.15, 0.2) is 12.1 Å². The number of rotatable bonds is 3. The van der Waals surface area contributed by atoms with Crippen LogP contribution in [-0.4, -0.2) is 9.55 Å². The molecular weight excluding hydrogens is 242 g/mol. The van der Waals surface area contributed by atoms with Crippen molar-refractivity contribution in [3.8, 4) is 0 Å². The molecule has 1 N–H and O–H groups in total. The number of nitrogens with zero attached hydrogens (tertiary/aromatic N) is 1. The zero-order valence-electron chi connectivity index (χ0n) is 9.76. The van der Waals surface area contributed by atoms with Crippen LogP contribution in [0, 0.1) is 22.3 Å². The second-order valence-corrected chi connectivity index (χ2v) is 4.91. The van der Waals surface area contributed by atoms with Crippen LogP contribution in [0.1, 0.15) is 20.3 Å². The number of halogens is 2. The first-order valence-corrected chi connectivity index (χ1v) is 5.98. The maximum absolute atomic E-state index is 13.7. The van der Waals surface area contributed by atoms with Crippen molar-refractivity contribution in [3.63, 3.8) is 0 Å². The van der Waals surface area contributed by atoms with Gasteiger partial charge in [-0.25, -0.2) is 8.78 Å². The fraction of sp³-hybridized carbons (Fsp3) is 0.417. The van der Waals surface area contributed by atoms with Gasteiger partial charge in [-0.2, -0.15) is 0 Å². The van der Waals surface area contributed by atoms with Gasteiger partial charge in [-0.1, -0.05) is 13.8 Å². The molecule has 0 fully saturated rings. The van der Waals surface area contributed by atoms with Crippen LogP contribution in [0.3, 0.4) is 0 Å². The van der Waals surface area contributed by atoms with Crippen molar-refractivity contribution in [2.75, 3.05) is 0 Å². The Morgan fingerprint density at radius 1 is 1.35 bits per heavy atom. The summed E-state index contributed by atoms with van der Waals surface area (Å²) in [6.07, 6.45) is 0.872. The molecule has 92 valence electrons. The normalized spacial score (nSPS) is 11.6. The number of aromatic amines is 1. The molecule has 17 heavy (non-hydrogen) atoms. The Bertz CT molecular complexity index is 598. The molecule has 0 saturated carbocycles. The average Bonchev–Trinajstić information content (AvgIpc) is 2.58. The van der Waals surface area contributed by atoms with Crippen LogP contribution in [0.2, 0.25) is 0 Å². The molecule has 1 aromatic carbocycles. The lowest BCUT2D eigenvalue weighted by Gasteiger charge is -2.07. The van der Waals surface area contributed by atoms with Gasteiger partial charge in [0.15, 0.2) is 16.4 Å². The van der Waals surface area contributed by atoms with E-state index in [1.807, 2.05) is 0 Å². The minimum Gasteiger partial charge on any atom is -0.330 e. The maximum Gasteiger partial charge on any atom is 0.184 e. The maximum atomic E-state index is 13.7. The number of aryl methyl sites for hydroxylation is 1. The van der Waals surface area contributed by atoms with E-state index in [1.165, 1.54) is 6.07 Å². The topological polar surface area (TPSA) is 20.7 Å². The zero-order valence-corrected chi connectivity index (χ0v) is 10.6. The van der Waals surface area contributed by atoms with E-state index < -0.39 is 11.6 Å². The zero-order chi connectivity index (χ0) is 12.6. The van der Waals surface area contributed by atoms with Crippen LogP contribution < -0.4 is 0 Å². The van der Waals surface area contributed by atoms with E-state index in [0.717, 1.165) is 12.5 Å². The third-order valence-corrected chi connectivity index (χ3v) is 3.08. The summed E-state index contributed by atoms with van der Waals surface area (Å²) in [7, 11) is 0. The molecule has 2 rings (SSSR count). The van der Waals surface area contributed by atoms with Gasteiger partial charge in [-0.3, -0.25) is 0 Å². The highest BCUT2D eigenvalue weighted by molar-refractivity contribution is 7.71. The molecule has 0 bridgehead atoms. The third-order valence-electron chi connectivity index (χ3n) is 2.76. The first-order chi connectivity index (χ1) is 8.00. The summed E-state index contributed by atoms with van der Waals surface area (Å²) in [5, 5.41) is 0. The van der Waals surface area contributed by atoms with Gasteiger partial charge in [0.05, 0.1) is 5.52 Å². The largest absolute Gasteiger partial charge is 0.330 e. The van der Waals surface area contributed by atoms with E-state index in [4.69, 9.17) is 12.2 Å². The number of nitrogens with one attached hydrogen (secondary N) is 1. The minimum absolute atomic E-state index is 0.232.